The van der Waals surface area contributed by atoms with E-state index in [2.05, 4.69) is 6.92 Å². The number of hydrogen-bond acceptors (Lipinski definition) is 2. The Morgan fingerprint density at radius 1 is 1.50 bits per heavy atom. The lowest BCUT2D eigenvalue weighted by Gasteiger charge is -2.31. The van der Waals surface area contributed by atoms with Crippen LogP contribution in [0, 0.1) is 0 Å². The topological polar surface area (TPSA) is 40.5 Å². The second-order valence-corrected chi connectivity index (χ2v) is 3.58. The van der Waals surface area contributed by atoms with E-state index in [1.807, 2.05) is 14.1 Å². The second-order valence-electron chi connectivity index (χ2n) is 3.58. The van der Waals surface area contributed by atoms with Crippen LogP contribution in [0.15, 0.2) is 0 Å². The molecule has 0 aliphatic heterocycles. The maximum atomic E-state index is 10.9. The molecule has 0 aliphatic carbocycles. The normalized spacial score (nSPS) is 16.1. The van der Waals surface area contributed by atoms with Crippen LogP contribution in [0.2, 0.25) is 0 Å². The number of hydrogen-bond donors (Lipinski definition) is 1. The zero-order valence-corrected chi connectivity index (χ0v) is 8.42. The average molecular weight is 173 g/mol. The smallest absolute Gasteiger partial charge is 0.323 e. The van der Waals surface area contributed by atoms with Crippen LogP contribution in [0.5, 0.6) is 0 Å². The number of carbonyl (C=O) groups is 1. The van der Waals surface area contributed by atoms with Crippen LogP contribution in [0.4, 0.5) is 0 Å². The molecule has 0 radical (unpaired) electrons. The van der Waals surface area contributed by atoms with Gasteiger partial charge in [0, 0.05) is 0 Å². The Labute approximate surface area is 74.4 Å². The van der Waals surface area contributed by atoms with Crippen molar-refractivity contribution in [1.82, 2.24) is 4.90 Å². The Hall–Kier alpha value is -0.570. The highest BCUT2D eigenvalue weighted by Gasteiger charge is 2.34. The molecule has 0 aromatic heterocycles. The summed E-state index contributed by atoms with van der Waals surface area (Å²) in [6.07, 6.45) is 2.71. The molecule has 0 aliphatic rings. The molecule has 1 unspecified atom stereocenters. The van der Waals surface area contributed by atoms with Gasteiger partial charge in [0.05, 0.1) is 0 Å². The van der Waals surface area contributed by atoms with Gasteiger partial charge in [-0.05, 0) is 27.4 Å². The zero-order chi connectivity index (χ0) is 9.78. The number of nitrogens with zero attached hydrogens (tertiary/aromatic N) is 1. The standard InChI is InChI=1S/C9H19NO2/c1-5-6-7-9(2,8(11)12)10(3)4/h5-7H2,1-4H3,(H,11,12). The third kappa shape index (κ3) is 2.48. The molecule has 1 atom stereocenters. The van der Waals surface area contributed by atoms with Gasteiger partial charge in [0.25, 0.3) is 0 Å². The minimum Gasteiger partial charge on any atom is -0.480 e. The molecular weight excluding hydrogens is 154 g/mol. The van der Waals surface area contributed by atoms with E-state index in [0.29, 0.717) is 6.42 Å². The summed E-state index contributed by atoms with van der Waals surface area (Å²) in [7, 11) is 3.62. The number of carboxylic acid groups (broad SMARTS) is 1. The second kappa shape index (κ2) is 4.45. The van der Waals surface area contributed by atoms with E-state index in [4.69, 9.17) is 5.11 Å². The molecule has 0 fully saturated rings. The zero-order valence-electron chi connectivity index (χ0n) is 8.42. The molecule has 0 aromatic rings. The fraction of sp³-hybridized carbons (Fsp3) is 0.889. The Balaban J connectivity index is 4.29. The van der Waals surface area contributed by atoms with Crippen molar-refractivity contribution in [2.75, 3.05) is 14.1 Å². The van der Waals surface area contributed by atoms with Crippen molar-refractivity contribution in [3.8, 4) is 0 Å². The molecule has 0 aromatic carbocycles. The van der Waals surface area contributed by atoms with Gasteiger partial charge in [0.15, 0.2) is 0 Å². The molecule has 0 spiro atoms. The van der Waals surface area contributed by atoms with E-state index < -0.39 is 11.5 Å². The summed E-state index contributed by atoms with van der Waals surface area (Å²) in [4.78, 5) is 12.7. The highest BCUT2D eigenvalue weighted by Crippen LogP contribution is 2.19. The number of aliphatic carboxylic acids is 1. The van der Waals surface area contributed by atoms with Gasteiger partial charge in [-0.2, -0.15) is 0 Å². The number of likely N-dealkylation sites (N-methyl/N-ethyl adjacent to an activating group) is 1. The maximum absolute atomic E-state index is 10.9. The summed E-state index contributed by atoms with van der Waals surface area (Å²) in [6.45, 7) is 3.84. The molecule has 12 heavy (non-hydrogen) atoms. The van der Waals surface area contributed by atoms with Gasteiger partial charge in [-0.1, -0.05) is 19.8 Å². The lowest BCUT2D eigenvalue weighted by atomic mass is 9.94. The van der Waals surface area contributed by atoms with Crippen molar-refractivity contribution in [3.05, 3.63) is 0 Å². The Morgan fingerprint density at radius 2 is 2.00 bits per heavy atom. The van der Waals surface area contributed by atoms with Crippen LogP contribution in [0.3, 0.4) is 0 Å². The molecule has 72 valence electrons. The minimum atomic E-state index is -0.735. The first-order chi connectivity index (χ1) is 5.45. The number of unbranched alkanes of at least 4 members (excludes halogenated alkanes) is 1. The summed E-state index contributed by atoms with van der Waals surface area (Å²) in [5.74, 6) is -0.735. The van der Waals surface area contributed by atoms with Crippen molar-refractivity contribution in [1.29, 1.82) is 0 Å². The minimum absolute atomic E-state index is 0.698. The van der Waals surface area contributed by atoms with Crippen LogP contribution >= 0.6 is 0 Å². The SMILES string of the molecule is CCCCC(C)(C(=O)O)N(C)C. The van der Waals surface area contributed by atoms with Gasteiger partial charge in [0.1, 0.15) is 5.54 Å². The van der Waals surface area contributed by atoms with Crippen LogP contribution in [-0.2, 0) is 4.79 Å². The molecular formula is C9H19NO2. The quantitative estimate of drug-likeness (QED) is 0.686. The van der Waals surface area contributed by atoms with Gasteiger partial charge in [-0.15, -0.1) is 0 Å². The van der Waals surface area contributed by atoms with E-state index >= 15 is 0 Å². The fourth-order valence-electron chi connectivity index (χ4n) is 1.04. The van der Waals surface area contributed by atoms with E-state index in [0.717, 1.165) is 12.8 Å². The van der Waals surface area contributed by atoms with E-state index in [1.54, 1.807) is 11.8 Å². The van der Waals surface area contributed by atoms with Crippen molar-refractivity contribution in [2.24, 2.45) is 0 Å². The van der Waals surface area contributed by atoms with Crippen molar-refractivity contribution < 1.29 is 9.90 Å². The lowest BCUT2D eigenvalue weighted by molar-refractivity contribution is -0.149. The van der Waals surface area contributed by atoms with Crippen LogP contribution in [0.1, 0.15) is 33.1 Å². The molecule has 0 heterocycles. The van der Waals surface area contributed by atoms with Crippen LogP contribution in [0.25, 0.3) is 0 Å². The van der Waals surface area contributed by atoms with Crippen molar-refractivity contribution in [2.45, 2.75) is 38.6 Å². The first-order valence-electron chi connectivity index (χ1n) is 4.36. The predicted octanol–water partition coefficient (Wildman–Crippen LogP) is 1.58. The van der Waals surface area contributed by atoms with E-state index in [1.165, 1.54) is 0 Å². The molecule has 0 rings (SSSR count). The molecule has 0 saturated heterocycles. The molecule has 3 nitrogen and oxygen atoms in total. The van der Waals surface area contributed by atoms with E-state index in [9.17, 15) is 4.79 Å². The summed E-state index contributed by atoms with van der Waals surface area (Å²) >= 11 is 0. The molecule has 0 saturated carbocycles. The summed E-state index contributed by atoms with van der Waals surface area (Å²) in [5, 5.41) is 8.99. The first-order valence-corrected chi connectivity index (χ1v) is 4.36. The summed E-state index contributed by atoms with van der Waals surface area (Å²) in [6, 6.07) is 0. The number of carboxylic acids is 1. The van der Waals surface area contributed by atoms with Crippen LogP contribution in [-0.4, -0.2) is 35.6 Å². The highest BCUT2D eigenvalue weighted by molar-refractivity contribution is 5.78. The summed E-state index contributed by atoms with van der Waals surface area (Å²) in [5.41, 5.74) is -0.698. The lowest BCUT2D eigenvalue weighted by Crippen LogP contribution is -2.48. The number of rotatable bonds is 5. The largest absolute Gasteiger partial charge is 0.480 e. The van der Waals surface area contributed by atoms with E-state index in [-0.39, 0.29) is 0 Å². The average Bonchev–Trinajstić information content (AvgIpc) is 1.99. The van der Waals surface area contributed by atoms with Gasteiger partial charge >= 0.3 is 5.97 Å². The van der Waals surface area contributed by atoms with Gasteiger partial charge < -0.3 is 5.11 Å². The van der Waals surface area contributed by atoms with Crippen molar-refractivity contribution in [3.63, 3.8) is 0 Å². The summed E-state index contributed by atoms with van der Waals surface area (Å²) < 4.78 is 0. The Kier molecular flexibility index (Phi) is 4.24. The van der Waals surface area contributed by atoms with Crippen molar-refractivity contribution >= 4 is 5.97 Å². The van der Waals surface area contributed by atoms with Crippen LogP contribution < -0.4 is 0 Å². The highest BCUT2D eigenvalue weighted by atomic mass is 16.4. The van der Waals surface area contributed by atoms with Gasteiger partial charge in [-0.25, -0.2) is 0 Å². The molecule has 0 bridgehead atoms. The Bertz CT molecular complexity index is 157. The third-order valence-electron chi connectivity index (χ3n) is 2.46. The maximum Gasteiger partial charge on any atom is 0.323 e. The first kappa shape index (κ1) is 11.4. The predicted molar refractivity (Wildman–Crippen MR) is 49.3 cm³/mol. The monoisotopic (exact) mass is 173 g/mol. The fourth-order valence-corrected chi connectivity index (χ4v) is 1.04. The molecule has 3 heteroatoms. The van der Waals surface area contributed by atoms with Gasteiger partial charge in [0.2, 0.25) is 0 Å². The molecule has 1 N–H and O–H groups in total. The van der Waals surface area contributed by atoms with Gasteiger partial charge in [-0.3, -0.25) is 9.69 Å². The molecule has 0 amide bonds. The Morgan fingerprint density at radius 3 is 2.25 bits per heavy atom. The third-order valence-corrected chi connectivity index (χ3v) is 2.46.